The number of nitrogens with zero attached hydrogens (tertiary/aromatic N) is 1. The number of fused-ring (bicyclic) bond motifs is 1. The molecule has 1 N–H and O–H groups in total. The molecule has 3 rings (SSSR count). The molecule has 1 fully saturated rings. The predicted molar refractivity (Wildman–Crippen MR) is 84.0 cm³/mol. The van der Waals surface area contributed by atoms with Gasteiger partial charge in [-0.25, -0.2) is 0 Å². The van der Waals surface area contributed by atoms with Crippen LogP contribution in [-0.4, -0.2) is 22.6 Å². The molecule has 0 bridgehead atoms. The van der Waals surface area contributed by atoms with E-state index in [-0.39, 0.29) is 6.04 Å². The number of phenolic OH excluding ortho intramolecular Hbond substituents is 1. The molecular weight excluding hydrogens is 246 g/mol. The molecule has 1 heterocycles. The number of hydrogen-bond acceptors (Lipinski definition) is 2. The Morgan fingerprint density at radius 2 is 2.05 bits per heavy atom. The Hall–Kier alpha value is -1.54. The molecule has 2 nitrogen and oxygen atoms in total. The summed E-state index contributed by atoms with van der Waals surface area (Å²) in [4.78, 5) is 2.55. The first-order valence-corrected chi connectivity index (χ1v) is 7.68. The molecule has 0 aliphatic carbocycles. The topological polar surface area (TPSA) is 23.5 Å². The lowest BCUT2D eigenvalue weighted by atomic mass is 9.99. The quantitative estimate of drug-likeness (QED) is 0.888. The second-order valence-corrected chi connectivity index (χ2v) is 5.84. The summed E-state index contributed by atoms with van der Waals surface area (Å²) in [5.74, 6) is 0.456. The second-order valence-electron chi connectivity index (χ2n) is 5.84. The number of likely N-dealkylation sites (tertiary alicyclic amines) is 1. The minimum Gasteiger partial charge on any atom is -0.507 e. The third-order valence-electron chi connectivity index (χ3n) is 4.77. The van der Waals surface area contributed by atoms with Gasteiger partial charge in [-0.05, 0) is 38.1 Å². The van der Waals surface area contributed by atoms with Gasteiger partial charge in [0, 0.05) is 23.0 Å². The highest BCUT2D eigenvalue weighted by Gasteiger charge is 2.29. The predicted octanol–water partition coefficient (Wildman–Crippen LogP) is 4.48. The Morgan fingerprint density at radius 3 is 2.85 bits per heavy atom. The van der Waals surface area contributed by atoms with Gasteiger partial charge in [0.05, 0.1) is 0 Å². The van der Waals surface area contributed by atoms with Crippen molar-refractivity contribution in [3.05, 3.63) is 42.0 Å². The van der Waals surface area contributed by atoms with Crippen molar-refractivity contribution >= 4 is 10.8 Å². The van der Waals surface area contributed by atoms with Crippen molar-refractivity contribution in [2.75, 3.05) is 6.54 Å². The van der Waals surface area contributed by atoms with Crippen molar-refractivity contribution in [2.24, 2.45) is 0 Å². The molecule has 0 amide bonds. The molecule has 106 valence electrons. The first-order chi connectivity index (χ1) is 9.72. The highest BCUT2D eigenvalue weighted by molar-refractivity contribution is 5.89. The van der Waals surface area contributed by atoms with E-state index in [1.54, 1.807) is 0 Å². The lowest BCUT2D eigenvalue weighted by molar-refractivity contribution is 0.186. The number of hydrogen-bond donors (Lipinski definition) is 1. The molecule has 20 heavy (non-hydrogen) atoms. The number of aromatic hydroxyl groups is 1. The Labute approximate surface area is 121 Å². The fourth-order valence-corrected chi connectivity index (χ4v) is 3.59. The highest BCUT2D eigenvalue weighted by Crippen LogP contribution is 2.38. The summed E-state index contributed by atoms with van der Waals surface area (Å²) in [6.07, 6.45) is 3.76. The summed E-state index contributed by atoms with van der Waals surface area (Å²) in [6, 6.07) is 13.2. The summed E-state index contributed by atoms with van der Waals surface area (Å²) in [5, 5.41) is 12.7. The molecule has 0 saturated carbocycles. The van der Waals surface area contributed by atoms with Gasteiger partial charge in [0.25, 0.3) is 0 Å². The van der Waals surface area contributed by atoms with Gasteiger partial charge in [0.2, 0.25) is 0 Å². The van der Waals surface area contributed by atoms with Gasteiger partial charge in [0.15, 0.2) is 0 Å². The van der Waals surface area contributed by atoms with Gasteiger partial charge in [-0.3, -0.25) is 4.90 Å². The van der Waals surface area contributed by atoms with Gasteiger partial charge >= 0.3 is 0 Å². The number of benzene rings is 2. The van der Waals surface area contributed by atoms with E-state index in [1.165, 1.54) is 19.3 Å². The first-order valence-electron chi connectivity index (χ1n) is 7.68. The number of rotatable bonds is 3. The van der Waals surface area contributed by atoms with Crippen LogP contribution < -0.4 is 0 Å². The van der Waals surface area contributed by atoms with Gasteiger partial charge in [0.1, 0.15) is 5.75 Å². The summed E-state index contributed by atoms with van der Waals surface area (Å²) in [7, 11) is 0. The molecule has 2 atom stereocenters. The summed E-state index contributed by atoms with van der Waals surface area (Å²) in [6.45, 7) is 5.62. The Bertz CT molecular complexity index is 607. The summed E-state index contributed by atoms with van der Waals surface area (Å²) >= 11 is 0. The monoisotopic (exact) mass is 269 g/mol. The zero-order chi connectivity index (χ0) is 14.1. The third-order valence-corrected chi connectivity index (χ3v) is 4.77. The molecule has 0 spiro atoms. The molecule has 2 unspecified atom stereocenters. The minimum absolute atomic E-state index is 0.284. The lowest BCUT2D eigenvalue weighted by Crippen LogP contribution is -2.31. The van der Waals surface area contributed by atoms with Gasteiger partial charge in [-0.1, -0.05) is 43.3 Å². The fourth-order valence-electron chi connectivity index (χ4n) is 3.59. The zero-order valence-electron chi connectivity index (χ0n) is 12.3. The van der Waals surface area contributed by atoms with Crippen LogP contribution in [0.15, 0.2) is 36.4 Å². The maximum absolute atomic E-state index is 10.6. The molecule has 1 saturated heterocycles. The summed E-state index contributed by atoms with van der Waals surface area (Å²) < 4.78 is 0. The summed E-state index contributed by atoms with van der Waals surface area (Å²) in [5.41, 5.74) is 1.06. The van der Waals surface area contributed by atoms with Crippen LogP contribution in [0.5, 0.6) is 5.75 Å². The Morgan fingerprint density at radius 1 is 1.25 bits per heavy atom. The smallest absolute Gasteiger partial charge is 0.128 e. The van der Waals surface area contributed by atoms with Crippen LogP contribution in [0.3, 0.4) is 0 Å². The van der Waals surface area contributed by atoms with E-state index in [0.29, 0.717) is 11.8 Å². The zero-order valence-corrected chi connectivity index (χ0v) is 12.3. The van der Waals surface area contributed by atoms with Crippen LogP contribution >= 0.6 is 0 Å². The minimum atomic E-state index is 0.284. The third kappa shape index (κ3) is 2.18. The van der Waals surface area contributed by atoms with Crippen LogP contribution in [0.2, 0.25) is 0 Å². The molecule has 2 aromatic carbocycles. The standard InChI is InChI=1S/C18H23NO/c1-3-15-8-6-12-19(15)13(2)16-11-10-14-7-4-5-9-17(14)18(16)20/h4-5,7,9-11,13,15,20H,3,6,8,12H2,1-2H3. The van der Waals surface area contributed by atoms with Crippen LogP contribution in [0.1, 0.15) is 44.7 Å². The van der Waals surface area contributed by atoms with Crippen molar-refractivity contribution in [2.45, 2.75) is 45.2 Å². The van der Waals surface area contributed by atoms with Crippen molar-refractivity contribution < 1.29 is 5.11 Å². The first kappa shape index (κ1) is 13.4. The Kier molecular flexibility index (Phi) is 3.66. The highest BCUT2D eigenvalue weighted by atomic mass is 16.3. The SMILES string of the molecule is CCC1CCCN1C(C)c1ccc2ccccc2c1O. The molecule has 2 heteroatoms. The van der Waals surface area contributed by atoms with Crippen molar-refractivity contribution in [1.82, 2.24) is 4.90 Å². The second kappa shape index (κ2) is 5.45. The largest absolute Gasteiger partial charge is 0.507 e. The lowest BCUT2D eigenvalue weighted by Gasteiger charge is -2.31. The van der Waals surface area contributed by atoms with Gasteiger partial charge in [-0.15, -0.1) is 0 Å². The van der Waals surface area contributed by atoms with Crippen LogP contribution in [0, 0.1) is 0 Å². The molecule has 1 aliphatic heterocycles. The van der Waals surface area contributed by atoms with Crippen LogP contribution in [0.4, 0.5) is 0 Å². The Balaban J connectivity index is 1.99. The maximum Gasteiger partial charge on any atom is 0.128 e. The van der Waals surface area contributed by atoms with Crippen molar-refractivity contribution in [3.63, 3.8) is 0 Å². The average molecular weight is 269 g/mol. The van der Waals surface area contributed by atoms with E-state index in [1.807, 2.05) is 24.3 Å². The molecule has 2 aromatic rings. The van der Waals surface area contributed by atoms with E-state index in [2.05, 4.69) is 30.9 Å². The van der Waals surface area contributed by atoms with E-state index in [9.17, 15) is 5.11 Å². The van der Waals surface area contributed by atoms with E-state index >= 15 is 0 Å². The van der Waals surface area contributed by atoms with Crippen LogP contribution in [0.25, 0.3) is 10.8 Å². The van der Waals surface area contributed by atoms with Gasteiger partial charge < -0.3 is 5.11 Å². The number of phenols is 1. The molecule has 0 radical (unpaired) electrons. The van der Waals surface area contributed by atoms with Gasteiger partial charge in [-0.2, -0.15) is 0 Å². The van der Waals surface area contributed by atoms with E-state index in [0.717, 1.165) is 22.9 Å². The maximum atomic E-state index is 10.6. The van der Waals surface area contributed by atoms with E-state index in [4.69, 9.17) is 0 Å². The average Bonchev–Trinajstić information content (AvgIpc) is 2.96. The molecular formula is C18H23NO. The van der Waals surface area contributed by atoms with Crippen molar-refractivity contribution in [1.29, 1.82) is 0 Å². The molecule has 0 aromatic heterocycles. The van der Waals surface area contributed by atoms with Crippen LogP contribution in [-0.2, 0) is 0 Å². The fraction of sp³-hybridized carbons (Fsp3) is 0.444. The van der Waals surface area contributed by atoms with E-state index < -0.39 is 0 Å². The van der Waals surface area contributed by atoms with Crippen molar-refractivity contribution in [3.8, 4) is 5.75 Å². The molecule has 1 aliphatic rings. The normalized spacial score (nSPS) is 21.4.